The maximum atomic E-state index is 11.2. The lowest BCUT2D eigenvalue weighted by molar-refractivity contribution is -0.385. The highest BCUT2D eigenvalue weighted by Gasteiger charge is 2.27. The van der Waals surface area contributed by atoms with E-state index in [2.05, 4.69) is 0 Å². The minimum atomic E-state index is -4.39. The second-order valence-corrected chi connectivity index (χ2v) is 5.40. The molecule has 1 fully saturated rings. The molecule has 18 heavy (non-hydrogen) atoms. The number of hydrogen-bond donors (Lipinski definition) is 1. The van der Waals surface area contributed by atoms with Gasteiger partial charge in [0.1, 0.15) is 0 Å². The lowest BCUT2D eigenvalue weighted by Crippen LogP contribution is -2.08. The Balaban J connectivity index is 2.56. The average Bonchev–Trinajstić information content (AvgIpc) is 2.80. The lowest BCUT2D eigenvalue weighted by atomic mass is 9.98. The fourth-order valence-electron chi connectivity index (χ4n) is 1.98. The van der Waals surface area contributed by atoms with Crippen LogP contribution in [0.3, 0.4) is 0 Å². The van der Waals surface area contributed by atoms with E-state index in [9.17, 15) is 18.5 Å². The Labute approximate surface area is 103 Å². The minimum Gasteiger partial charge on any atom is -0.381 e. The Bertz CT molecular complexity index is 576. The predicted octanol–water partition coefficient (Wildman–Crippen LogP) is 1.35. The van der Waals surface area contributed by atoms with Crippen LogP contribution in [-0.4, -0.2) is 31.1 Å². The molecule has 1 N–H and O–H groups in total. The second-order valence-electron chi connectivity index (χ2n) is 4.01. The molecule has 1 heterocycles. The lowest BCUT2D eigenvalue weighted by Gasteiger charge is -2.11. The van der Waals surface area contributed by atoms with Crippen molar-refractivity contribution in [2.24, 2.45) is 0 Å². The first kappa shape index (κ1) is 12.9. The molecule has 1 aliphatic rings. The van der Waals surface area contributed by atoms with Gasteiger partial charge >= 0.3 is 0 Å². The highest BCUT2D eigenvalue weighted by Crippen LogP contribution is 2.32. The van der Waals surface area contributed by atoms with Gasteiger partial charge in [0.15, 0.2) is 0 Å². The third-order valence-corrected chi connectivity index (χ3v) is 3.78. The van der Waals surface area contributed by atoms with Crippen LogP contribution in [0.25, 0.3) is 0 Å². The normalized spacial score (nSPS) is 19.9. The summed E-state index contributed by atoms with van der Waals surface area (Å²) in [5, 5.41) is 10.7. The van der Waals surface area contributed by atoms with Crippen molar-refractivity contribution in [2.45, 2.75) is 17.2 Å². The van der Waals surface area contributed by atoms with Crippen LogP contribution in [0.15, 0.2) is 23.1 Å². The number of nitro benzene ring substituents is 1. The molecule has 0 amide bonds. The molecule has 8 heteroatoms. The summed E-state index contributed by atoms with van der Waals surface area (Å²) in [6, 6.07) is 3.30. The van der Waals surface area contributed by atoms with E-state index in [4.69, 9.17) is 9.29 Å². The third kappa shape index (κ3) is 2.50. The quantitative estimate of drug-likeness (QED) is 0.506. The Hall–Kier alpha value is -1.51. The number of nitro groups is 1. The number of nitrogens with zero attached hydrogens (tertiary/aromatic N) is 1. The Morgan fingerprint density at radius 3 is 2.67 bits per heavy atom. The summed E-state index contributed by atoms with van der Waals surface area (Å²) in [5.41, 5.74) is 0.0356. The molecule has 1 aromatic rings. The Morgan fingerprint density at radius 2 is 2.17 bits per heavy atom. The van der Waals surface area contributed by atoms with Crippen molar-refractivity contribution in [2.75, 3.05) is 13.2 Å². The summed E-state index contributed by atoms with van der Waals surface area (Å²) < 4.78 is 36.7. The Kier molecular flexibility index (Phi) is 3.33. The molecule has 2 rings (SSSR count). The highest BCUT2D eigenvalue weighted by atomic mass is 32.2. The van der Waals surface area contributed by atoms with E-state index < -0.39 is 15.0 Å². The van der Waals surface area contributed by atoms with Gasteiger partial charge in [-0.15, -0.1) is 0 Å². The summed E-state index contributed by atoms with van der Waals surface area (Å²) in [4.78, 5) is 9.80. The first-order chi connectivity index (χ1) is 8.39. The standard InChI is InChI=1S/C10H11NO6S/c12-11(13)8-1-2-10(18(14,15)16)9(5-8)7-3-4-17-6-7/h1-2,5,7H,3-4,6H2,(H,14,15,16)/t7-/m0/s1. The minimum absolute atomic E-state index is 0.204. The summed E-state index contributed by atoms with van der Waals surface area (Å²) in [7, 11) is -4.39. The van der Waals surface area contributed by atoms with E-state index in [-0.39, 0.29) is 22.1 Å². The van der Waals surface area contributed by atoms with Crippen molar-refractivity contribution < 1.29 is 22.6 Å². The van der Waals surface area contributed by atoms with Gasteiger partial charge in [-0.2, -0.15) is 8.42 Å². The molecule has 0 spiro atoms. The topological polar surface area (TPSA) is 107 Å². The summed E-state index contributed by atoms with van der Waals surface area (Å²) >= 11 is 0. The molecule has 0 bridgehead atoms. The fraction of sp³-hybridized carbons (Fsp3) is 0.400. The zero-order valence-corrected chi connectivity index (χ0v) is 10.1. The molecule has 1 aromatic carbocycles. The van der Waals surface area contributed by atoms with Crippen LogP contribution in [0.4, 0.5) is 5.69 Å². The van der Waals surface area contributed by atoms with Crippen molar-refractivity contribution in [3.8, 4) is 0 Å². The van der Waals surface area contributed by atoms with Crippen LogP contribution in [0.1, 0.15) is 17.9 Å². The molecule has 0 radical (unpaired) electrons. The zero-order chi connectivity index (χ0) is 13.3. The molecule has 0 aromatic heterocycles. The molecule has 1 saturated heterocycles. The number of ether oxygens (including phenoxy) is 1. The molecule has 0 saturated carbocycles. The summed E-state index contributed by atoms with van der Waals surface area (Å²) in [5.74, 6) is -0.248. The van der Waals surface area contributed by atoms with Gasteiger partial charge in [-0.1, -0.05) is 0 Å². The van der Waals surface area contributed by atoms with Gasteiger partial charge in [0, 0.05) is 24.7 Å². The van der Waals surface area contributed by atoms with E-state index in [1.165, 1.54) is 6.07 Å². The van der Waals surface area contributed by atoms with E-state index in [0.717, 1.165) is 12.1 Å². The van der Waals surface area contributed by atoms with E-state index in [1.54, 1.807) is 0 Å². The maximum absolute atomic E-state index is 11.2. The molecule has 98 valence electrons. The number of benzene rings is 1. The van der Waals surface area contributed by atoms with Crippen LogP contribution in [0.5, 0.6) is 0 Å². The number of rotatable bonds is 3. The van der Waals surface area contributed by atoms with Crippen LogP contribution in [-0.2, 0) is 14.9 Å². The van der Waals surface area contributed by atoms with E-state index in [0.29, 0.717) is 19.6 Å². The zero-order valence-electron chi connectivity index (χ0n) is 9.27. The van der Waals surface area contributed by atoms with Gasteiger partial charge in [0.2, 0.25) is 0 Å². The smallest absolute Gasteiger partial charge is 0.294 e. The van der Waals surface area contributed by atoms with Crippen LogP contribution < -0.4 is 0 Å². The van der Waals surface area contributed by atoms with E-state index >= 15 is 0 Å². The van der Waals surface area contributed by atoms with Crippen LogP contribution in [0.2, 0.25) is 0 Å². The van der Waals surface area contributed by atoms with Gasteiger partial charge in [-0.3, -0.25) is 14.7 Å². The molecular weight excluding hydrogens is 262 g/mol. The molecule has 7 nitrogen and oxygen atoms in total. The highest BCUT2D eigenvalue weighted by molar-refractivity contribution is 7.85. The van der Waals surface area contributed by atoms with Gasteiger partial charge in [-0.25, -0.2) is 0 Å². The van der Waals surface area contributed by atoms with Crippen LogP contribution in [0, 0.1) is 10.1 Å². The molecule has 1 atom stereocenters. The van der Waals surface area contributed by atoms with Crippen molar-refractivity contribution in [1.82, 2.24) is 0 Å². The van der Waals surface area contributed by atoms with Gasteiger partial charge in [-0.05, 0) is 18.1 Å². The molecule has 1 aliphatic heterocycles. The van der Waals surface area contributed by atoms with Gasteiger partial charge in [0.25, 0.3) is 15.8 Å². The SMILES string of the molecule is O=[N+]([O-])c1ccc(S(=O)(=O)O)c([C@H]2CCOC2)c1. The number of non-ortho nitro benzene ring substituents is 1. The first-order valence-corrected chi connectivity index (χ1v) is 6.67. The molecular formula is C10H11NO6S. The third-order valence-electron chi connectivity index (χ3n) is 2.85. The van der Waals surface area contributed by atoms with Crippen molar-refractivity contribution >= 4 is 15.8 Å². The van der Waals surface area contributed by atoms with Gasteiger partial charge in [0.05, 0.1) is 16.4 Å². The van der Waals surface area contributed by atoms with E-state index in [1.807, 2.05) is 0 Å². The van der Waals surface area contributed by atoms with Crippen molar-refractivity contribution in [3.63, 3.8) is 0 Å². The van der Waals surface area contributed by atoms with Crippen molar-refractivity contribution in [3.05, 3.63) is 33.9 Å². The maximum Gasteiger partial charge on any atom is 0.294 e. The number of hydrogen-bond acceptors (Lipinski definition) is 5. The monoisotopic (exact) mass is 273 g/mol. The van der Waals surface area contributed by atoms with Gasteiger partial charge < -0.3 is 4.74 Å². The largest absolute Gasteiger partial charge is 0.381 e. The van der Waals surface area contributed by atoms with Crippen LogP contribution >= 0.6 is 0 Å². The average molecular weight is 273 g/mol. The molecule has 0 aliphatic carbocycles. The summed E-state index contributed by atoms with van der Waals surface area (Å²) in [6.07, 6.45) is 0.573. The first-order valence-electron chi connectivity index (χ1n) is 5.23. The summed E-state index contributed by atoms with van der Waals surface area (Å²) in [6.45, 7) is 0.766. The second kappa shape index (κ2) is 4.63. The fourth-order valence-corrected chi connectivity index (χ4v) is 2.75. The van der Waals surface area contributed by atoms with Crippen molar-refractivity contribution in [1.29, 1.82) is 0 Å². The molecule has 0 unspecified atom stereocenters. The Morgan fingerprint density at radius 1 is 1.44 bits per heavy atom. The predicted molar refractivity (Wildman–Crippen MR) is 61.1 cm³/mol.